The van der Waals surface area contributed by atoms with Crippen LogP contribution in [-0.4, -0.2) is 38.2 Å². The highest BCUT2D eigenvalue weighted by molar-refractivity contribution is 5.98. The number of aromatic nitrogens is 5. The minimum absolute atomic E-state index is 0.153. The highest BCUT2D eigenvalue weighted by atomic mass is 19.1. The average molecular weight is 544 g/mol. The van der Waals surface area contributed by atoms with Crippen molar-refractivity contribution in [3.63, 3.8) is 0 Å². The first kappa shape index (κ1) is 25.5. The predicted octanol–water partition coefficient (Wildman–Crippen LogP) is 4.77. The molecule has 11 heteroatoms. The Morgan fingerprint density at radius 1 is 1.05 bits per heavy atom. The van der Waals surface area contributed by atoms with Crippen molar-refractivity contribution >= 4 is 16.9 Å². The lowest BCUT2D eigenvalue weighted by molar-refractivity contribution is -0.909. The monoisotopic (exact) mass is 543 g/mol. The maximum atomic E-state index is 14.4. The van der Waals surface area contributed by atoms with E-state index in [4.69, 9.17) is 25.0 Å². The van der Waals surface area contributed by atoms with Gasteiger partial charge in [-0.05, 0) is 43.2 Å². The summed E-state index contributed by atoms with van der Waals surface area (Å²) >= 11 is 0. The number of hydrogen-bond acceptors (Lipinski definition) is 8. The lowest BCUT2D eigenvalue weighted by Crippen LogP contribution is -2.33. The lowest BCUT2D eigenvalue weighted by Gasteiger charge is -2.22. The van der Waals surface area contributed by atoms with Gasteiger partial charge in [0, 0.05) is 54.7 Å². The number of pyridine rings is 1. The highest BCUT2D eigenvalue weighted by Crippen LogP contribution is 2.35. The number of benzene rings is 2. The molecule has 204 valence electrons. The zero-order valence-electron chi connectivity index (χ0n) is 21.8. The van der Waals surface area contributed by atoms with Crippen molar-refractivity contribution in [3.8, 4) is 28.5 Å². The number of nitrogen functional groups attached to an aromatic ring is 1. The van der Waals surface area contributed by atoms with E-state index in [-0.39, 0.29) is 18.4 Å². The van der Waals surface area contributed by atoms with Gasteiger partial charge in [0.1, 0.15) is 47.5 Å². The van der Waals surface area contributed by atoms with Gasteiger partial charge < -0.3 is 19.9 Å². The molecule has 0 bridgehead atoms. The second-order valence-corrected chi connectivity index (χ2v) is 9.66. The van der Waals surface area contributed by atoms with E-state index in [0.717, 1.165) is 28.7 Å². The van der Waals surface area contributed by atoms with E-state index >= 15 is 0 Å². The molecule has 0 unspecified atom stereocenters. The maximum absolute atomic E-state index is 14.4. The van der Waals surface area contributed by atoms with E-state index in [1.165, 1.54) is 18.5 Å². The highest BCUT2D eigenvalue weighted by Gasteiger charge is 2.24. The number of halogens is 1. The van der Waals surface area contributed by atoms with Crippen molar-refractivity contribution in [2.24, 2.45) is 0 Å². The van der Waals surface area contributed by atoms with Crippen molar-refractivity contribution in [1.82, 2.24) is 19.7 Å². The molecule has 0 atom stereocenters. The van der Waals surface area contributed by atoms with E-state index in [2.05, 4.69) is 9.97 Å². The van der Waals surface area contributed by atoms with Crippen molar-refractivity contribution in [3.05, 3.63) is 84.2 Å². The molecule has 1 aliphatic heterocycles. The van der Waals surface area contributed by atoms with Crippen LogP contribution in [0.1, 0.15) is 30.1 Å². The molecule has 1 saturated heterocycles. The summed E-state index contributed by atoms with van der Waals surface area (Å²) in [6.07, 6.45) is 4.69. The Balaban J connectivity index is 1.22. The van der Waals surface area contributed by atoms with E-state index in [9.17, 15) is 9.60 Å². The first-order valence-electron chi connectivity index (χ1n) is 12.9. The van der Waals surface area contributed by atoms with Crippen LogP contribution in [-0.2, 0) is 11.3 Å². The second-order valence-electron chi connectivity index (χ2n) is 9.66. The van der Waals surface area contributed by atoms with Gasteiger partial charge in [-0.15, -0.1) is 0 Å². The molecule has 3 N–H and O–H groups in total. The van der Waals surface area contributed by atoms with Gasteiger partial charge in [-0.25, -0.2) is 19.0 Å². The first-order valence-corrected chi connectivity index (χ1v) is 12.9. The maximum Gasteiger partial charge on any atom is 0.231 e. The molecule has 0 saturated carbocycles. The van der Waals surface area contributed by atoms with Crippen LogP contribution in [0.5, 0.6) is 17.2 Å². The summed E-state index contributed by atoms with van der Waals surface area (Å²) in [5, 5.41) is 15.4. The Hall–Kier alpha value is -4.77. The van der Waals surface area contributed by atoms with Gasteiger partial charge in [0.15, 0.2) is 5.65 Å². The van der Waals surface area contributed by atoms with Crippen LogP contribution in [0.25, 0.3) is 22.3 Å². The van der Waals surface area contributed by atoms with Crippen LogP contribution < -0.4 is 19.9 Å². The normalized spacial score (nSPS) is 13.9. The summed E-state index contributed by atoms with van der Waals surface area (Å²) < 4.78 is 34.5. The molecule has 1 fully saturated rings. The fraction of sp³-hybridized carbons (Fsp3) is 0.241. The van der Waals surface area contributed by atoms with Gasteiger partial charge in [0.2, 0.25) is 11.9 Å². The SMILES string of the molecule is Cc1ccc(COc2cc(F)cc(Oc3ccc(-c4nn(C5CCOCC5)c5ncnc(N)c45)cc3)c2)c[n+]1O. The number of hydrogen-bond donors (Lipinski definition) is 2. The summed E-state index contributed by atoms with van der Waals surface area (Å²) in [4.78, 5) is 8.67. The van der Waals surface area contributed by atoms with Crippen molar-refractivity contribution in [2.45, 2.75) is 32.4 Å². The summed E-state index contributed by atoms with van der Waals surface area (Å²) in [6.45, 7) is 3.28. The van der Waals surface area contributed by atoms with Crippen LogP contribution in [0.3, 0.4) is 0 Å². The molecule has 10 nitrogen and oxygen atoms in total. The number of fused-ring (bicyclic) bond motifs is 1. The number of rotatable bonds is 7. The minimum atomic E-state index is -0.495. The third-order valence-electron chi connectivity index (χ3n) is 6.86. The van der Waals surface area contributed by atoms with E-state index in [1.54, 1.807) is 37.4 Å². The topological polar surface area (TPSA) is 121 Å². The van der Waals surface area contributed by atoms with Crippen molar-refractivity contribution in [1.29, 1.82) is 0 Å². The van der Waals surface area contributed by atoms with Gasteiger partial charge in [0.05, 0.1) is 17.0 Å². The van der Waals surface area contributed by atoms with Crippen LogP contribution >= 0.6 is 0 Å². The quantitative estimate of drug-likeness (QED) is 0.222. The van der Waals surface area contributed by atoms with Crippen molar-refractivity contribution in [2.75, 3.05) is 18.9 Å². The standard InChI is InChI=1S/C29H28FN6O4/c1-18-2-3-19(15-35(18)37)16-39-24-12-21(30)13-25(14-24)40-23-6-4-20(5-7-23)27-26-28(31)32-17-33-29(26)36(34-27)22-8-10-38-11-9-22/h2-7,12-15,17,22,37H,8-11,16H2,1H3,(H2,31,32,33)/q+1. The Kier molecular flexibility index (Phi) is 6.87. The Bertz CT molecular complexity index is 1670. The fourth-order valence-corrected chi connectivity index (χ4v) is 4.74. The summed E-state index contributed by atoms with van der Waals surface area (Å²) in [7, 11) is 0. The van der Waals surface area contributed by atoms with Crippen LogP contribution in [0.15, 0.2) is 67.1 Å². The molecule has 0 aliphatic carbocycles. The molecule has 5 aromatic rings. The Morgan fingerprint density at radius 3 is 2.60 bits per heavy atom. The molecular formula is C29H28FN6O4+. The molecule has 6 rings (SSSR count). The van der Waals surface area contributed by atoms with Gasteiger partial charge in [-0.2, -0.15) is 5.10 Å². The van der Waals surface area contributed by atoms with Gasteiger partial charge in [0.25, 0.3) is 0 Å². The smallest absolute Gasteiger partial charge is 0.231 e. The number of anilines is 1. The summed E-state index contributed by atoms with van der Waals surface area (Å²) in [5.74, 6) is 0.974. The largest absolute Gasteiger partial charge is 0.488 e. The van der Waals surface area contributed by atoms with Crippen molar-refractivity contribution < 1.29 is 28.5 Å². The molecule has 40 heavy (non-hydrogen) atoms. The number of aryl methyl sites for hydroxylation is 1. The average Bonchev–Trinajstić information content (AvgIpc) is 3.35. The Morgan fingerprint density at radius 2 is 1.82 bits per heavy atom. The molecule has 0 spiro atoms. The second kappa shape index (κ2) is 10.8. The fourth-order valence-electron chi connectivity index (χ4n) is 4.74. The molecule has 1 aliphatic rings. The molecule has 3 aromatic heterocycles. The van der Waals surface area contributed by atoms with Gasteiger partial charge >= 0.3 is 0 Å². The third kappa shape index (κ3) is 5.23. The van der Waals surface area contributed by atoms with E-state index < -0.39 is 5.82 Å². The van der Waals surface area contributed by atoms with Gasteiger partial charge in [-0.3, -0.25) is 5.21 Å². The first-order chi connectivity index (χ1) is 19.4. The predicted molar refractivity (Wildman–Crippen MR) is 144 cm³/mol. The van der Waals surface area contributed by atoms with Crippen LogP contribution in [0, 0.1) is 12.7 Å². The molecule has 4 heterocycles. The van der Waals surface area contributed by atoms with Crippen LogP contribution in [0.4, 0.5) is 10.2 Å². The van der Waals surface area contributed by atoms with Gasteiger partial charge in [-0.1, -0.05) is 0 Å². The minimum Gasteiger partial charge on any atom is -0.488 e. The number of ether oxygens (including phenoxy) is 3. The van der Waals surface area contributed by atoms with Crippen LogP contribution in [0.2, 0.25) is 0 Å². The zero-order valence-corrected chi connectivity index (χ0v) is 21.8. The molecular weight excluding hydrogens is 515 g/mol. The lowest BCUT2D eigenvalue weighted by atomic mass is 10.1. The Labute approximate surface area is 229 Å². The third-order valence-corrected chi connectivity index (χ3v) is 6.86. The van der Waals surface area contributed by atoms with E-state index in [1.807, 2.05) is 22.9 Å². The summed E-state index contributed by atoms with van der Waals surface area (Å²) in [5.41, 5.74) is 9.89. The molecule has 2 aromatic carbocycles. The zero-order chi connectivity index (χ0) is 27.6. The molecule has 0 amide bonds. The summed E-state index contributed by atoms with van der Waals surface area (Å²) in [6, 6.07) is 15.3. The number of nitrogens with zero attached hydrogens (tertiary/aromatic N) is 5. The number of nitrogens with two attached hydrogens (primary N) is 1. The molecule has 0 radical (unpaired) electrons. The van der Waals surface area contributed by atoms with E-state index in [0.29, 0.717) is 53.0 Å².